The maximum atomic E-state index is 12.1. The van der Waals surface area contributed by atoms with Gasteiger partial charge in [-0.1, -0.05) is 11.6 Å². The highest BCUT2D eigenvalue weighted by molar-refractivity contribution is 7.92. The van der Waals surface area contributed by atoms with Crippen molar-refractivity contribution in [3.63, 3.8) is 0 Å². The molecule has 0 aliphatic carbocycles. The molecule has 1 heterocycles. The Morgan fingerprint density at radius 3 is 2.45 bits per heavy atom. The minimum absolute atomic E-state index is 0.00269. The van der Waals surface area contributed by atoms with Crippen LogP contribution in [-0.2, 0) is 10.0 Å². The highest BCUT2D eigenvalue weighted by atomic mass is 35.5. The van der Waals surface area contributed by atoms with Crippen LogP contribution < -0.4 is 4.72 Å². The summed E-state index contributed by atoms with van der Waals surface area (Å²) in [6.07, 6.45) is 1.30. The van der Waals surface area contributed by atoms with Crippen LogP contribution in [0.25, 0.3) is 0 Å². The summed E-state index contributed by atoms with van der Waals surface area (Å²) in [7, 11) is -3.86. The SMILES string of the molecule is Cc1[nH]cc(NS(=O)(=O)c2ccc(Cl)cc2)c1C(=O)O. The summed E-state index contributed by atoms with van der Waals surface area (Å²) in [6.45, 7) is 1.55. The number of H-pyrrole nitrogens is 1. The number of carboxylic acids is 1. The van der Waals surface area contributed by atoms with Gasteiger partial charge in [0.25, 0.3) is 10.0 Å². The van der Waals surface area contributed by atoms with E-state index in [9.17, 15) is 13.2 Å². The third kappa shape index (κ3) is 2.78. The molecule has 2 rings (SSSR count). The predicted molar refractivity (Wildman–Crippen MR) is 74.7 cm³/mol. The Balaban J connectivity index is 2.38. The van der Waals surface area contributed by atoms with Crippen molar-refractivity contribution in [2.45, 2.75) is 11.8 Å². The fraction of sp³-hybridized carbons (Fsp3) is 0.0833. The molecule has 0 atom stereocenters. The van der Waals surface area contributed by atoms with Crippen molar-refractivity contribution < 1.29 is 18.3 Å². The average Bonchev–Trinajstić information content (AvgIpc) is 2.70. The van der Waals surface area contributed by atoms with Crippen LogP contribution in [0.4, 0.5) is 5.69 Å². The Bertz CT molecular complexity index is 750. The van der Waals surface area contributed by atoms with Crippen molar-refractivity contribution in [1.82, 2.24) is 4.98 Å². The van der Waals surface area contributed by atoms with Crippen molar-refractivity contribution in [2.24, 2.45) is 0 Å². The Labute approximate surface area is 120 Å². The summed E-state index contributed by atoms with van der Waals surface area (Å²) in [4.78, 5) is 13.8. The van der Waals surface area contributed by atoms with E-state index in [-0.39, 0.29) is 16.1 Å². The monoisotopic (exact) mass is 314 g/mol. The summed E-state index contributed by atoms with van der Waals surface area (Å²) in [6, 6.07) is 5.56. The molecule has 3 N–H and O–H groups in total. The quantitative estimate of drug-likeness (QED) is 0.807. The van der Waals surface area contributed by atoms with Crippen LogP contribution in [0.5, 0.6) is 0 Å². The number of nitrogens with one attached hydrogen (secondary N) is 2. The van der Waals surface area contributed by atoms with Crippen molar-refractivity contribution in [1.29, 1.82) is 0 Å². The Kier molecular flexibility index (Phi) is 3.74. The number of carboxylic acid groups (broad SMARTS) is 1. The molecule has 0 aliphatic heterocycles. The minimum atomic E-state index is -3.86. The molecule has 8 heteroatoms. The van der Waals surface area contributed by atoms with Crippen LogP contribution in [0.1, 0.15) is 16.1 Å². The first kappa shape index (κ1) is 14.4. The molecular weight excluding hydrogens is 304 g/mol. The molecule has 0 aliphatic rings. The topological polar surface area (TPSA) is 99.3 Å². The van der Waals surface area contributed by atoms with Gasteiger partial charge >= 0.3 is 5.97 Å². The lowest BCUT2D eigenvalue weighted by atomic mass is 10.2. The predicted octanol–water partition coefficient (Wildman–Crippen LogP) is 2.48. The summed E-state index contributed by atoms with van der Waals surface area (Å²) >= 11 is 5.69. The highest BCUT2D eigenvalue weighted by Crippen LogP contribution is 2.23. The van der Waals surface area contributed by atoms with Gasteiger partial charge in [-0.3, -0.25) is 4.72 Å². The number of sulfonamides is 1. The summed E-state index contributed by atoms with van der Waals surface area (Å²) in [5.74, 6) is -1.21. The fourth-order valence-corrected chi connectivity index (χ4v) is 2.89. The molecule has 6 nitrogen and oxygen atoms in total. The van der Waals surface area contributed by atoms with Gasteiger partial charge < -0.3 is 10.1 Å². The molecular formula is C12H11ClN2O4S. The first-order valence-electron chi connectivity index (χ1n) is 5.51. The molecule has 20 heavy (non-hydrogen) atoms. The second-order valence-corrected chi connectivity index (χ2v) is 6.19. The van der Waals surface area contributed by atoms with E-state index in [1.54, 1.807) is 6.92 Å². The minimum Gasteiger partial charge on any atom is -0.478 e. The van der Waals surface area contributed by atoms with Gasteiger partial charge in [0, 0.05) is 16.9 Å². The molecule has 106 valence electrons. The van der Waals surface area contributed by atoms with Crippen LogP contribution in [-0.4, -0.2) is 24.5 Å². The maximum Gasteiger partial charge on any atom is 0.339 e. The molecule has 1 aromatic carbocycles. The number of halogens is 1. The normalized spacial score (nSPS) is 11.3. The third-order valence-corrected chi connectivity index (χ3v) is 4.29. The van der Waals surface area contributed by atoms with Gasteiger partial charge in [-0.2, -0.15) is 0 Å². The summed E-state index contributed by atoms with van der Waals surface area (Å²) in [5.41, 5.74) is 0.249. The summed E-state index contributed by atoms with van der Waals surface area (Å²) in [5, 5.41) is 9.48. The number of aromatic amines is 1. The average molecular weight is 315 g/mol. The number of carbonyl (C=O) groups is 1. The number of aromatic carboxylic acids is 1. The van der Waals surface area contributed by atoms with E-state index in [2.05, 4.69) is 9.71 Å². The first-order valence-corrected chi connectivity index (χ1v) is 7.37. The number of aromatic nitrogens is 1. The van der Waals surface area contributed by atoms with E-state index >= 15 is 0 Å². The van der Waals surface area contributed by atoms with E-state index in [0.717, 1.165) is 0 Å². The number of hydrogen-bond donors (Lipinski definition) is 3. The molecule has 0 radical (unpaired) electrons. The molecule has 0 spiro atoms. The van der Waals surface area contributed by atoms with Crippen LogP contribution in [0.15, 0.2) is 35.4 Å². The maximum absolute atomic E-state index is 12.1. The molecule has 0 saturated heterocycles. The zero-order valence-electron chi connectivity index (χ0n) is 10.3. The van der Waals surface area contributed by atoms with Gasteiger partial charge in [0.2, 0.25) is 0 Å². The number of benzene rings is 1. The van der Waals surface area contributed by atoms with Gasteiger partial charge in [-0.25, -0.2) is 13.2 Å². The lowest BCUT2D eigenvalue weighted by molar-refractivity contribution is 0.0697. The number of aryl methyl sites for hydroxylation is 1. The fourth-order valence-electron chi connectivity index (χ4n) is 1.70. The lowest BCUT2D eigenvalue weighted by Gasteiger charge is -2.07. The second kappa shape index (κ2) is 5.18. The van der Waals surface area contributed by atoms with Gasteiger partial charge in [-0.15, -0.1) is 0 Å². The third-order valence-electron chi connectivity index (χ3n) is 2.66. The van der Waals surface area contributed by atoms with E-state index in [1.165, 1.54) is 30.5 Å². The number of anilines is 1. The Morgan fingerprint density at radius 1 is 1.30 bits per heavy atom. The molecule has 0 bridgehead atoms. The lowest BCUT2D eigenvalue weighted by Crippen LogP contribution is -2.14. The molecule has 0 unspecified atom stereocenters. The van der Waals surface area contributed by atoms with Crippen molar-refractivity contribution in [2.75, 3.05) is 4.72 Å². The van der Waals surface area contributed by atoms with Gasteiger partial charge in [0.15, 0.2) is 0 Å². The zero-order valence-corrected chi connectivity index (χ0v) is 11.9. The number of hydrogen-bond acceptors (Lipinski definition) is 3. The van der Waals surface area contributed by atoms with Crippen LogP contribution >= 0.6 is 11.6 Å². The van der Waals surface area contributed by atoms with Crippen molar-refractivity contribution >= 4 is 33.3 Å². The van der Waals surface area contributed by atoms with E-state index < -0.39 is 16.0 Å². The highest BCUT2D eigenvalue weighted by Gasteiger charge is 2.21. The van der Waals surface area contributed by atoms with Gasteiger partial charge in [0.05, 0.1) is 10.6 Å². The second-order valence-electron chi connectivity index (χ2n) is 4.07. The largest absolute Gasteiger partial charge is 0.478 e. The molecule has 1 aromatic heterocycles. The van der Waals surface area contributed by atoms with Crippen LogP contribution in [0.3, 0.4) is 0 Å². The molecule has 2 aromatic rings. The Morgan fingerprint density at radius 2 is 1.90 bits per heavy atom. The molecule has 0 amide bonds. The van der Waals surface area contributed by atoms with E-state index in [0.29, 0.717) is 10.7 Å². The van der Waals surface area contributed by atoms with Crippen molar-refractivity contribution in [3.05, 3.63) is 46.7 Å². The molecule has 0 saturated carbocycles. The van der Waals surface area contributed by atoms with Gasteiger partial charge in [-0.05, 0) is 31.2 Å². The standard InChI is InChI=1S/C12H11ClN2O4S/c1-7-11(12(16)17)10(6-14-7)15-20(18,19)9-4-2-8(13)3-5-9/h2-6,14-15H,1H3,(H,16,17). The van der Waals surface area contributed by atoms with Crippen LogP contribution in [0, 0.1) is 6.92 Å². The van der Waals surface area contributed by atoms with E-state index in [1.807, 2.05) is 0 Å². The van der Waals surface area contributed by atoms with Crippen LogP contribution in [0.2, 0.25) is 5.02 Å². The first-order chi connectivity index (χ1) is 9.31. The number of rotatable bonds is 4. The Hall–Kier alpha value is -1.99. The summed E-state index contributed by atoms with van der Waals surface area (Å²) < 4.78 is 26.5. The molecule has 0 fully saturated rings. The zero-order chi connectivity index (χ0) is 14.9. The van der Waals surface area contributed by atoms with Gasteiger partial charge in [0.1, 0.15) is 5.56 Å². The van der Waals surface area contributed by atoms with Crippen molar-refractivity contribution in [3.8, 4) is 0 Å². The van der Waals surface area contributed by atoms with E-state index in [4.69, 9.17) is 16.7 Å². The smallest absolute Gasteiger partial charge is 0.339 e.